The number of aliphatic hydroxyl groups is 1. The van der Waals surface area contributed by atoms with Crippen molar-refractivity contribution < 1.29 is 24.0 Å². The molecule has 1 N–H and O–H groups in total. The smallest absolute Gasteiger partial charge is 0.290 e. The molecule has 9 heteroatoms. The third-order valence-electron chi connectivity index (χ3n) is 5.48. The highest BCUT2D eigenvalue weighted by Gasteiger charge is 2.42. The number of likely N-dealkylation sites (N-methyl/N-ethyl adjacent to an activating group) is 1. The minimum Gasteiger partial charge on any atom is -0.503 e. The summed E-state index contributed by atoms with van der Waals surface area (Å²) in [5, 5.41) is 21.6. The standard InChI is InChI=1S/C23H25N3O6/c1-3-24(4-2)13-14-25-21(16-7-9-17(10-8-16)26(30)31)20(22(28)23(25)29)19(27)12-11-18-6-5-15-32-18/h5-12,15,21,28H,3-4,13-14H2,1-2H3/b12-11+. The van der Waals surface area contributed by atoms with Gasteiger partial charge in [0.05, 0.1) is 22.8 Å². The lowest BCUT2D eigenvalue weighted by Gasteiger charge is -2.29. The average Bonchev–Trinajstić information content (AvgIpc) is 3.40. The van der Waals surface area contributed by atoms with E-state index in [0.29, 0.717) is 17.9 Å². The molecule has 9 nitrogen and oxygen atoms in total. The minimum atomic E-state index is -0.854. The summed E-state index contributed by atoms with van der Waals surface area (Å²) in [5.74, 6) is -1.34. The van der Waals surface area contributed by atoms with Gasteiger partial charge in [-0.05, 0) is 55.1 Å². The fourth-order valence-corrected chi connectivity index (χ4v) is 3.68. The van der Waals surface area contributed by atoms with E-state index in [9.17, 15) is 24.8 Å². The van der Waals surface area contributed by atoms with Crippen molar-refractivity contribution in [3.63, 3.8) is 0 Å². The van der Waals surface area contributed by atoms with Gasteiger partial charge in [-0.15, -0.1) is 0 Å². The molecule has 0 fully saturated rings. The molecule has 0 bridgehead atoms. The third kappa shape index (κ3) is 4.78. The van der Waals surface area contributed by atoms with Gasteiger partial charge in [0.2, 0.25) is 0 Å². The van der Waals surface area contributed by atoms with E-state index in [1.165, 1.54) is 47.6 Å². The first-order valence-corrected chi connectivity index (χ1v) is 10.3. The predicted molar refractivity (Wildman–Crippen MR) is 118 cm³/mol. The first kappa shape index (κ1) is 23.0. The molecule has 0 radical (unpaired) electrons. The van der Waals surface area contributed by atoms with Crippen LogP contribution in [0.5, 0.6) is 0 Å². The molecule has 2 heterocycles. The van der Waals surface area contributed by atoms with Crippen molar-refractivity contribution >= 4 is 23.5 Å². The maximum atomic E-state index is 13.0. The van der Waals surface area contributed by atoms with Crippen LogP contribution in [-0.2, 0) is 9.59 Å². The second-order valence-corrected chi connectivity index (χ2v) is 7.25. The molecule has 1 aliphatic heterocycles. The van der Waals surface area contributed by atoms with Crippen LogP contribution in [-0.4, -0.2) is 57.7 Å². The van der Waals surface area contributed by atoms with E-state index in [2.05, 4.69) is 4.90 Å². The van der Waals surface area contributed by atoms with Crippen LogP contribution in [0.1, 0.15) is 31.2 Å². The first-order valence-electron chi connectivity index (χ1n) is 10.3. The van der Waals surface area contributed by atoms with Gasteiger partial charge in [-0.2, -0.15) is 0 Å². The van der Waals surface area contributed by atoms with Gasteiger partial charge in [-0.25, -0.2) is 0 Å². The lowest BCUT2D eigenvalue weighted by Crippen LogP contribution is -2.38. The van der Waals surface area contributed by atoms with E-state index in [1.54, 1.807) is 12.1 Å². The van der Waals surface area contributed by atoms with E-state index in [0.717, 1.165) is 13.1 Å². The van der Waals surface area contributed by atoms with Gasteiger partial charge < -0.3 is 19.3 Å². The number of non-ortho nitro benzene ring substituents is 1. The molecule has 1 aromatic carbocycles. The molecule has 0 spiro atoms. The number of nitro groups is 1. The highest BCUT2D eigenvalue weighted by molar-refractivity contribution is 6.14. The molecule has 1 aliphatic rings. The van der Waals surface area contributed by atoms with Crippen LogP contribution in [0.25, 0.3) is 6.08 Å². The van der Waals surface area contributed by atoms with Gasteiger partial charge in [0.25, 0.3) is 11.6 Å². The Morgan fingerprint density at radius 1 is 1.25 bits per heavy atom. The zero-order valence-corrected chi connectivity index (χ0v) is 17.9. The van der Waals surface area contributed by atoms with Crippen molar-refractivity contribution in [2.24, 2.45) is 0 Å². The molecule has 2 aromatic rings. The number of carbonyl (C=O) groups is 2. The van der Waals surface area contributed by atoms with Crippen molar-refractivity contribution in [3.05, 3.63) is 81.5 Å². The molecule has 3 rings (SSSR count). The van der Waals surface area contributed by atoms with E-state index in [1.807, 2.05) is 13.8 Å². The number of nitrogens with zero attached hydrogens (tertiary/aromatic N) is 3. The van der Waals surface area contributed by atoms with E-state index < -0.39 is 28.4 Å². The molecule has 0 saturated carbocycles. The summed E-state index contributed by atoms with van der Waals surface area (Å²) in [6.45, 7) is 6.43. The van der Waals surface area contributed by atoms with Crippen molar-refractivity contribution in [3.8, 4) is 0 Å². The number of hydrogen-bond donors (Lipinski definition) is 1. The number of ketones is 1. The van der Waals surface area contributed by atoms with Crippen molar-refractivity contribution in [1.82, 2.24) is 9.80 Å². The maximum absolute atomic E-state index is 13.0. The number of allylic oxidation sites excluding steroid dienone is 1. The Labute approximate surface area is 185 Å². The Hall–Kier alpha value is -3.72. The van der Waals surface area contributed by atoms with Crippen LogP contribution in [0.15, 0.2) is 64.5 Å². The number of amides is 1. The van der Waals surface area contributed by atoms with Gasteiger partial charge in [0, 0.05) is 25.2 Å². The number of nitro benzene ring substituents is 1. The SMILES string of the molecule is CCN(CC)CCN1C(=O)C(O)=C(C(=O)/C=C/c2ccco2)C1c1ccc([N+](=O)[O-])cc1. The number of carbonyl (C=O) groups excluding carboxylic acids is 2. The molecule has 0 saturated heterocycles. The largest absolute Gasteiger partial charge is 0.503 e. The second-order valence-electron chi connectivity index (χ2n) is 7.25. The number of benzene rings is 1. The summed E-state index contributed by atoms with van der Waals surface area (Å²) in [4.78, 5) is 40.0. The van der Waals surface area contributed by atoms with Crippen LogP contribution in [0.2, 0.25) is 0 Å². The topological polar surface area (TPSA) is 117 Å². The lowest BCUT2D eigenvalue weighted by molar-refractivity contribution is -0.384. The number of rotatable bonds is 10. The zero-order chi connectivity index (χ0) is 23.3. The normalized spacial score (nSPS) is 16.5. The summed E-state index contributed by atoms with van der Waals surface area (Å²) in [6, 6.07) is 8.13. The number of furan rings is 1. The highest BCUT2D eigenvalue weighted by atomic mass is 16.6. The van der Waals surface area contributed by atoms with Gasteiger partial charge in [-0.1, -0.05) is 13.8 Å². The fraction of sp³-hybridized carbons (Fsp3) is 0.304. The molecular weight excluding hydrogens is 414 g/mol. The van der Waals surface area contributed by atoms with Gasteiger partial charge in [0.1, 0.15) is 5.76 Å². The second kappa shape index (κ2) is 10.1. The average molecular weight is 439 g/mol. The third-order valence-corrected chi connectivity index (χ3v) is 5.48. The highest BCUT2D eigenvalue weighted by Crippen LogP contribution is 2.38. The Morgan fingerprint density at radius 2 is 1.94 bits per heavy atom. The first-order chi connectivity index (χ1) is 15.4. The Bertz CT molecular complexity index is 1040. The molecular formula is C23H25N3O6. The number of hydrogen-bond acceptors (Lipinski definition) is 7. The summed E-state index contributed by atoms with van der Waals surface area (Å²) >= 11 is 0. The van der Waals surface area contributed by atoms with Gasteiger partial charge >= 0.3 is 0 Å². The summed E-state index contributed by atoms with van der Waals surface area (Å²) in [5.41, 5.74) is 0.333. The fourth-order valence-electron chi connectivity index (χ4n) is 3.68. The minimum absolute atomic E-state index is 0.0637. The molecule has 1 atom stereocenters. The summed E-state index contributed by atoms with van der Waals surface area (Å²) in [6.07, 6.45) is 4.16. The Morgan fingerprint density at radius 3 is 2.50 bits per heavy atom. The number of aliphatic hydroxyl groups excluding tert-OH is 1. The van der Waals surface area contributed by atoms with Gasteiger partial charge in [0.15, 0.2) is 11.5 Å². The van der Waals surface area contributed by atoms with E-state index in [-0.39, 0.29) is 17.8 Å². The zero-order valence-electron chi connectivity index (χ0n) is 17.9. The molecule has 1 aromatic heterocycles. The summed E-state index contributed by atoms with van der Waals surface area (Å²) in [7, 11) is 0. The van der Waals surface area contributed by atoms with Crippen LogP contribution in [0.3, 0.4) is 0 Å². The van der Waals surface area contributed by atoms with Crippen molar-refractivity contribution in [2.75, 3.05) is 26.2 Å². The van der Waals surface area contributed by atoms with Crippen LogP contribution < -0.4 is 0 Å². The van der Waals surface area contributed by atoms with Crippen LogP contribution in [0.4, 0.5) is 5.69 Å². The lowest BCUT2D eigenvalue weighted by atomic mass is 9.95. The quantitative estimate of drug-likeness (QED) is 0.342. The van der Waals surface area contributed by atoms with E-state index in [4.69, 9.17) is 4.42 Å². The maximum Gasteiger partial charge on any atom is 0.290 e. The predicted octanol–water partition coefficient (Wildman–Crippen LogP) is 3.51. The van der Waals surface area contributed by atoms with E-state index >= 15 is 0 Å². The molecule has 1 unspecified atom stereocenters. The summed E-state index contributed by atoms with van der Waals surface area (Å²) < 4.78 is 5.19. The van der Waals surface area contributed by atoms with Crippen molar-refractivity contribution in [2.45, 2.75) is 19.9 Å². The Kier molecular flexibility index (Phi) is 7.21. The van der Waals surface area contributed by atoms with Crippen LogP contribution in [0, 0.1) is 10.1 Å². The monoisotopic (exact) mass is 439 g/mol. The molecule has 1 amide bonds. The van der Waals surface area contributed by atoms with Crippen molar-refractivity contribution in [1.29, 1.82) is 0 Å². The molecule has 168 valence electrons. The Balaban J connectivity index is 1.97. The molecule has 32 heavy (non-hydrogen) atoms. The molecule has 0 aliphatic carbocycles. The van der Waals surface area contributed by atoms with Gasteiger partial charge in [-0.3, -0.25) is 19.7 Å². The van der Waals surface area contributed by atoms with Crippen LogP contribution >= 0.6 is 0 Å².